The molecule has 0 saturated carbocycles. The summed E-state index contributed by atoms with van der Waals surface area (Å²) in [6.45, 7) is 0.231. The molecule has 0 bridgehead atoms. The largest absolute Gasteiger partial charge is 0.461 e. The Morgan fingerprint density at radius 1 is 0.793 bits per heavy atom. The first-order chi connectivity index (χ1) is 14.2. The van der Waals surface area contributed by atoms with E-state index >= 15 is 0 Å². The topological polar surface area (TPSA) is 52.2 Å². The van der Waals surface area contributed by atoms with Gasteiger partial charge in [-0.25, -0.2) is 9.03 Å². The van der Waals surface area contributed by atoms with Crippen LogP contribution in [0.4, 0.5) is 0 Å². The number of esters is 1. The number of fused-ring (bicyclic) bond motifs is 5. The number of para-hydroxylation sites is 2. The highest BCUT2D eigenvalue weighted by atomic mass is 16.5. The minimum Gasteiger partial charge on any atom is -0.461 e. The highest BCUT2D eigenvalue weighted by Gasteiger charge is 2.15. The summed E-state index contributed by atoms with van der Waals surface area (Å²) in [5.74, 6) is -0.326. The van der Waals surface area contributed by atoms with Gasteiger partial charge >= 0.3 is 5.97 Å². The van der Waals surface area contributed by atoms with Crippen LogP contribution in [0.15, 0.2) is 89.9 Å². The van der Waals surface area contributed by atoms with Gasteiger partial charge in [0.05, 0.1) is 22.8 Å². The second kappa shape index (κ2) is 6.95. The third-order valence-electron chi connectivity index (χ3n) is 5.12. The quantitative estimate of drug-likeness (QED) is 0.442. The molecule has 0 aliphatic carbocycles. The molecule has 2 heterocycles. The van der Waals surface area contributed by atoms with E-state index in [0.29, 0.717) is 5.39 Å². The van der Waals surface area contributed by atoms with Crippen molar-refractivity contribution >= 4 is 27.8 Å². The van der Waals surface area contributed by atoms with Gasteiger partial charge in [0.2, 0.25) is 0 Å². The molecule has 5 rings (SSSR count). The maximum Gasteiger partial charge on any atom is 0.310 e. The van der Waals surface area contributed by atoms with E-state index in [2.05, 4.69) is 0 Å². The molecule has 5 nitrogen and oxygen atoms in total. The molecule has 0 N–H and O–H groups in total. The normalized spacial score (nSPS) is 11.3. The molecule has 5 heteroatoms. The fourth-order valence-electron chi connectivity index (χ4n) is 3.76. The van der Waals surface area contributed by atoms with Gasteiger partial charge in [0.1, 0.15) is 6.61 Å². The van der Waals surface area contributed by atoms with Crippen molar-refractivity contribution in [3.05, 3.63) is 107 Å². The third kappa shape index (κ3) is 2.97. The molecule has 0 fully saturated rings. The Bertz CT molecular complexity index is 1410. The van der Waals surface area contributed by atoms with E-state index < -0.39 is 0 Å². The highest BCUT2D eigenvalue weighted by Crippen LogP contribution is 2.22. The SMILES string of the molecule is O=C(Cc1cn2c(=O)c3ccccc3n2c2ccccc12)OCc1ccccc1. The van der Waals surface area contributed by atoms with Gasteiger partial charge in [0, 0.05) is 11.6 Å². The summed E-state index contributed by atoms with van der Waals surface area (Å²) in [4.78, 5) is 25.4. The standard InChI is InChI=1S/C24H18N2O3/c27-23(29-16-17-8-2-1-3-9-17)14-18-15-25-24(28)20-11-5-7-13-22(20)26(25)21-12-6-4-10-19(18)21/h1-13,15H,14,16H2. The summed E-state index contributed by atoms with van der Waals surface area (Å²) in [6, 6.07) is 24.9. The number of hydrogen-bond donors (Lipinski definition) is 0. The van der Waals surface area contributed by atoms with Crippen LogP contribution in [0, 0.1) is 0 Å². The van der Waals surface area contributed by atoms with E-state index in [9.17, 15) is 9.59 Å². The molecule has 0 aliphatic rings. The number of aromatic nitrogens is 2. The first-order valence-corrected chi connectivity index (χ1v) is 9.44. The van der Waals surface area contributed by atoms with Crippen molar-refractivity contribution in [1.82, 2.24) is 9.03 Å². The monoisotopic (exact) mass is 382 g/mol. The molecular weight excluding hydrogens is 364 g/mol. The van der Waals surface area contributed by atoms with E-state index in [1.165, 1.54) is 0 Å². The number of carbonyl (C=O) groups excluding carboxylic acids is 1. The molecule has 2 aromatic heterocycles. The van der Waals surface area contributed by atoms with Crippen molar-refractivity contribution in [1.29, 1.82) is 0 Å². The fourth-order valence-corrected chi connectivity index (χ4v) is 3.76. The Labute approximate surface area is 166 Å². The van der Waals surface area contributed by atoms with E-state index in [0.717, 1.165) is 27.5 Å². The van der Waals surface area contributed by atoms with Crippen LogP contribution in [0.2, 0.25) is 0 Å². The van der Waals surface area contributed by atoms with Crippen molar-refractivity contribution < 1.29 is 9.53 Å². The van der Waals surface area contributed by atoms with Crippen molar-refractivity contribution in [2.75, 3.05) is 0 Å². The fraction of sp³-hybridized carbons (Fsp3) is 0.0833. The van der Waals surface area contributed by atoms with Gasteiger partial charge in [-0.3, -0.25) is 9.59 Å². The second-order valence-corrected chi connectivity index (χ2v) is 6.97. The number of nitrogens with zero attached hydrogens (tertiary/aromatic N) is 2. The summed E-state index contributed by atoms with van der Waals surface area (Å²) >= 11 is 0. The number of benzene rings is 3. The molecule has 0 unspecified atom stereocenters. The zero-order valence-electron chi connectivity index (χ0n) is 15.6. The molecule has 0 aliphatic heterocycles. The zero-order valence-corrected chi connectivity index (χ0v) is 15.6. The summed E-state index contributed by atoms with van der Waals surface area (Å²) in [6.07, 6.45) is 1.84. The van der Waals surface area contributed by atoms with Crippen LogP contribution in [0.5, 0.6) is 0 Å². The van der Waals surface area contributed by atoms with E-state index in [1.54, 1.807) is 10.7 Å². The Kier molecular flexibility index (Phi) is 4.13. The maximum atomic E-state index is 12.9. The van der Waals surface area contributed by atoms with Crippen LogP contribution < -0.4 is 5.56 Å². The first kappa shape index (κ1) is 17.3. The average molecular weight is 382 g/mol. The molecular formula is C24H18N2O3. The Morgan fingerprint density at radius 3 is 2.17 bits per heavy atom. The van der Waals surface area contributed by atoms with Gasteiger partial charge in [-0.2, -0.15) is 0 Å². The smallest absolute Gasteiger partial charge is 0.310 e. The summed E-state index contributed by atoms with van der Waals surface area (Å²) in [5, 5.41) is 1.57. The van der Waals surface area contributed by atoms with Crippen molar-refractivity contribution in [3.63, 3.8) is 0 Å². The number of ether oxygens (including phenoxy) is 1. The van der Waals surface area contributed by atoms with Gasteiger partial charge in [0.15, 0.2) is 0 Å². The lowest BCUT2D eigenvalue weighted by Gasteiger charge is -2.11. The third-order valence-corrected chi connectivity index (χ3v) is 5.12. The van der Waals surface area contributed by atoms with Crippen LogP contribution in [0.25, 0.3) is 21.8 Å². The van der Waals surface area contributed by atoms with Gasteiger partial charge in [-0.05, 0) is 29.3 Å². The first-order valence-electron chi connectivity index (χ1n) is 9.44. The van der Waals surface area contributed by atoms with Gasteiger partial charge < -0.3 is 4.74 Å². The van der Waals surface area contributed by atoms with Crippen LogP contribution >= 0.6 is 0 Å². The Balaban J connectivity index is 1.58. The van der Waals surface area contributed by atoms with Crippen molar-refractivity contribution in [2.45, 2.75) is 13.0 Å². The minimum atomic E-state index is -0.326. The lowest BCUT2D eigenvalue weighted by atomic mass is 10.1. The average Bonchev–Trinajstić information content (AvgIpc) is 3.05. The Morgan fingerprint density at radius 2 is 1.41 bits per heavy atom. The van der Waals surface area contributed by atoms with Gasteiger partial charge in [0.25, 0.3) is 5.56 Å². The second-order valence-electron chi connectivity index (χ2n) is 6.97. The molecule has 0 atom stereocenters. The molecule has 142 valence electrons. The number of hydrogen-bond acceptors (Lipinski definition) is 3. The van der Waals surface area contributed by atoms with E-state index in [4.69, 9.17) is 4.74 Å². The predicted octanol–water partition coefficient (Wildman–Crippen LogP) is 3.99. The van der Waals surface area contributed by atoms with Crippen LogP contribution in [-0.4, -0.2) is 15.0 Å². The van der Waals surface area contributed by atoms with Gasteiger partial charge in [-0.1, -0.05) is 60.7 Å². The number of rotatable bonds is 4. The van der Waals surface area contributed by atoms with Gasteiger partial charge in [-0.15, -0.1) is 0 Å². The van der Waals surface area contributed by atoms with Crippen LogP contribution in [0.3, 0.4) is 0 Å². The number of carbonyl (C=O) groups is 1. The molecule has 0 spiro atoms. The van der Waals surface area contributed by atoms with Crippen LogP contribution in [-0.2, 0) is 22.6 Å². The summed E-state index contributed by atoms with van der Waals surface area (Å²) in [5.41, 5.74) is 3.31. The van der Waals surface area contributed by atoms with E-state index in [1.807, 2.05) is 83.4 Å². The molecule has 0 radical (unpaired) electrons. The maximum absolute atomic E-state index is 12.9. The van der Waals surface area contributed by atoms with Crippen molar-refractivity contribution in [2.24, 2.45) is 0 Å². The summed E-state index contributed by atoms with van der Waals surface area (Å²) < 4.78 is 8.92. The molecule has 5 aromatic rings. The lowest BCUT2D eigenvalue weighted by molar-refractivity contribution is -0.144. The Hall–Kier alpha value is -3.86. The predicted molar refractivity (Wildman–Crippen MR) is 112 cm³/mol. The molecule has 3 aromatic carbocycles. The molecule has 0 saturated heterocycles. The lowest BCUT2D eigenvalue weighted by Crippen LogP contribution is -2.15. The zero-order chi connectivity index (χ0) is 19.8. The summed E-state index contributed by atoms with van der Waals surface area (Å²) in [7, 11) is 0. The highest BCUT2D eigenvalue weighted by molar-refractivity contribution is 5.90. The van der Waals surface area contributed by atoms with Crippen LogP contribution in [0.1, 0.15) is 11.1 Å². The molecule has 29 heavy (non-hydrogen) atoms. The van der Waals surface area contributed by atoms with E-state index in [-0.39, 0.29) is 24.6 Å². The van der Waals surface area contributed by atoms with Crippen molar-refractivity contribution in [3.8, 4) is 0 Å². The molecule has 0 amide bonds. The minimum absolute atomic E-state index is 0.0951.